The molecule has 0 heterocycles. The molecule has 0 aliphatic carbocycles. The first-order valence-electron chi connectivity index (χ1n) is 8.18. The van der Waals surface area contributed by atoms with Crippen molar-refractivity contribution in [1.29, 1.82) is 0 Å². The fraction of sp³-hybridized carbons (Fsp3) is 0.250. The first kappa shape index (κ1) is 18.9. The van der Waals surface area contributed by atoms with Crippen LogP contribution < -0.4 is 14.8 Å². The third-order valence-electron chi connectivity index (χ3n) is 3.51. The van der Waals surface area contributed by atoms with E-state index >= 15 is 0 Å². The van der Waals surface area contributed by atoms with Gasteiger partial charge in [0.1, 0.15) is 5.75 Å². The van der Waals surface area contributed by atoms with Crippen LogP contribution in [-0.4, -0.2) is 19.6 Å². The lowest BCUT2D eigenvalue weighted by molar-refractivity contribution is -0.111. The summed E-state index contributed by atoms with van der Waals surface area (Å²) >= 11 is 6.19. The molecule has 4 nitrogen and oxygen atoms in total. The molecule has 0 fully saturated rings. The van der Waals surface area contributed by atoms with Crippen molar-refractivity contribution in [2.24, 2.45) is 0 Å². The van der Waals surface area contributed by atoms with Crippen molar-refractivity contribution in [2.75, 3.05) is 19.0 Å². The predicted molar refractivity (Wildman–Crippen MR) is 103 cm³/mol. The Labute approximate surface area is 153 Å². The van der Waals surface area contributed by atoms with Gasteiger partial charge >= 0.3 is 0 Å². The Bertz CT molecular complexity index is 726. The number of ether oxygens (including phenoxy) is 2. The zero-order valence-electron chi connectivity index (χ0n) is 14.4. The van der Waals surface area contributed by atoms with Gasteiger partial charge in [-0.15, -0.1) is 0 Å². The standard InChI is InChI=1S/C20H22ClNO3/c1-3-4-14-25-20-17(21)6-5-7-18(20)22-19(23)13-10-15-8-11-16(24-2)12-9-15/h5-13H,3-4,14H2,1-2H3,(H,22,23)/b13-10+. The van der Waals surface area contributed by atoms with Gasteiger partial charge in [-0.05, 0) is 42.3 Å². The Hall–Kier alpha value is -2.46. The normalized spacial score (nSPS) is 10.7. The molecule has 2 aromatic rings. The van der Waals surface area contributed by atoms with Crippen molar-refractivity contribution in [1.82, 2.24) is 0 Å². The van der Waals surface area contributed by atoms with Gasteiger partial charge in [0.2, 0.25) is 5.91 Å². The summed E-state index contributed by atoms with van der Waals surface area (Å²) in [7, 11) is 1.61. The predicted octanol–water partition coefficient (Wildman–Crippen LogP) is 5.18. The molecule has 0 aliphatic heterocycles. The van der Waals surface area contributed by atoms with E-state index in [1.165, 1.54) is 6.08 Å². The number of methoxy groups -OCH3 is 1. The lowest BCUT2D eigenvalue weighted by atomic mass is 10.2. The average Bonchev–Trinajstić information content (AvgIpc) is 2.63. The van der Waals surface area contributed by atoms with Crippen molar-refractivity contribution in [2.45, 2.75) is 19.8 Å². The van der Waals surface area contributed by atoms with E-state index in [0.717, 1.165) is 24.2 Å². The number of hydrogen-bond donors (Lipinski definition) is 1. The van der Waals surface area contributed by atoms with E-state index in [-0.39, 0.29) is 5.91 Å². The second-order valence-electron chi connectivity index (χ2n) is 5.41. The Morgan fingerprint density at radius 2 is 1.96 bits per heavy atom. The third kappa shape index (κ3) is 5.84. The molecule has 1 N–H and O–H groups in total. The minimum atomic E-state index is -0.251. The van der Waals surface area contributed by atoms with Crippen LogP contribution in [0.4, 0.5) is 5.69 Å². The molecule has 132 valence electrons. The van der Waals surface area contributed by atoms with E-state index in [4.69, 9.17) is 21.1 Å². The first-order valence-corrected chi connectivity index (χ1v) is 8.56. The first-order chi connectivity index (χ1) is 12.1. The zero-order chi connectivity index (χ0) is 18.1. The number of anilines is 1. The summed E-state index contributed by atoms with van der Waals surface area (Å²) in [5.74, 6) is 1.02. The monoisotopic (exact) mass is 359 g/mol. The lowest BCUT2D eigenvalue weighted by Gasteiger charge is -2.13. The summed E-state index contributed by atoms with van der Waals surface area (Å²) in [4.78, 5) is 12.2. The van der Waals surface area contributed by atoms with Gasteiger partial charge in [0.05, 0.1) is 24.4 Å². The highest BCUT2D eigenvalue weighted by Gasteiger charge is 2.10. The van der Waals surface area contributed by atoms with E-state index in [1.807, 2.05) is 24.3 Å². The maximum Gasteiger partial charge on any atom is 0.248 e. The molecule has 0 aliphatic rings. The fourth-order valence-corrected chi connectivity index (χ4v) is 2.36. The highest BCUT2D eigenvalue weighted by molar-refractivity contribution is 6.32. The minimum absolute atomic E-state index is 0.251. The van der Waals surface area contributed by atoms with Gasteiger partial charge in [0.15, 0.2) is 5.75 Å². The number of carbonyl (C=O) groups excluding carboxylic acids is 1. The van der Waals surface area contributed by atoms with E-state index in [1.54, 1.807) is 31.4 Å². The van der Waals surface area contributed by atoms with Crippen molar-refractivity contribution >= 4 is 29.3 Å². The van der Waals surface area contributed by atoms with Crippen LogP contribution in [0.2, 0.25) is 5.02 Å². The van der Waals surface area contributed by atoms with Gasteiger partial charge in [0.25, 0.3) is 0 Å². The second kappa shape index (κ2) is 9.74. The summed E-state index contributed by atoms with van der Waals surface area (Å²) in [6, 6.07) is 12.7. The molecule has 0 bridgehead atoms. The number of halogens is 1. The number of amides is 1. The third-order valence-corrected chi connectivity index (χ3v) is 3.81. The highest BCUT2D eigenvalue weighted by Crippen LogP contribution is 2.33. The van der Waals surface area contributed by atoms with E-state index in [9.17, 15) is 4.79 Å². The number of para-hydroxylation sites is 1. The van der Waals surface area contributed by atoms with Gasteiger partial charge in [-0.1, -0.05) is 43.1 Å². The van der Waals surface area contributed by atoms with Crippen molar-refractivity contribution in [3.05, 3.63) is 59.1 Å². The van der Waals surface area contributed by atoms with Gasteiger partial charge in [-0.3, -0.25) is 4.79 Å². The molecule has 5 heteroatoms. The lowest BCUT2D eigenvalue weighted by Crippen LogP contribution is -2.10. The molecular weight excluding hydrogens is 338 g/mol. The second-order valence-corrected chi connectivity index (χ2v) is 5.82. The van der Waals surface area contributed by atoms with Gasteiger partial charge in [-0.25, -0.2) is 0 Å². The molecule has 0 saturated carbocycles. The molecule has 1 amide bonds. The zero-order valence-corrected chi connectivity index (χ0v) is 15.2. The Morgan fingerprint density at radius 3 is 2.64 bits per heavy atom. The fourth-order valence-electron chi connectivity index (χ4n) is 2.13. The number of rotatable bonds is 8. The van der Waals surface area contributed by atoms with Gasteiger partial charge in [0, 0.05) is 6.08 Å². The number of hydrogen-bond acceptors (Lipinski definition) is 3. The molecule has 0 saturated heterocycles. The summed E-state index contributed by atoms with van der Waals surface area (Å²) in [6.07, 6.45) is 5.15. The smallest absolute Gasteiger partial charge is 0.248 e. The number of unbranched alkanes of at least 4 members (excludes halogenated alkanes) is 1. The van der Waals surface area contributed by atoms with Crippen molar-refractivity contribution < 1.29 is 14.3 Å². The molecule has 0 unspecified atom stereocenters. The van der Waals surface area contributed by atoms with Crippen LogP contribution in [0.25, 0.3) is 6.08 Å². The van der Waals surface area contributed by atoms with E-state index in [2.05, 4.69) is 12.2 Å². The average molecular weight is 360 g/mol. The Morgan fingerprint density at radius 1 is 1.20 bits per heavy atom. The number of benzene rings is 2. The van der Waals surface area contributed by atoms with Crippen LogP contribution in [0.5, 0.6) is 11.5 Å². The van der Waals surface area contributed by atoms with E-state index < -0.39 is 0 Å². The largest absolute Gasteiger partial charge is 0.497 e. The summed E-state index contributed by atoms with van der Waals surface area (Å²) in [6.45, 7) is 2.65. The van der Waals surface area contributed by atoms with Gasteiger partial charge < -0.3 is 14.8 Å². The van der Waals surface area contributed by atoms with Crippen LogP contribution in [-0.2, 0) is 4.79 Å². The summed E-state index contributed by atoms with van der Waals surface area (Å²) < 4.78 is 10.8. The van der Waals surface area contributed by atoms with E-state index in [0.29, 0.717) is 23.1 Å². The van der Waals surface area contributed by atoms with Crippen LogP contribution in [0.1, 0.15) is 25.3 Å². The molecule has 0 aromatic heterocycles. The SMILES string of the molecule is CCCCOc1c(Cl)cccc1NC(=O)/C=C/c1ccc(OC)cc1. The topological polar surface area (TPSA) is 47.6 Å². The molecule has 2 aromatic carbocycles. The quantitative estimate of drug-likeness (QED) is 0.522. The Balaban J connectivity index is 2.04. The number of carbonyl (C=O) groups is 1. The Kier molecular flexibility index (Phi) is 7.36. The summed E-state index contributed by atoms with van der Waals surface area (Å²) in [5.41, 5.74) is 1.47. The van der Waals surface area contributed by atoms with Crippen molar-refractivity contribution in [3.63, 3.8) is 0 Å². The summed E-state index contributed by atoms with van der Waals surface area (Å²) in [5, 5.41) is 3.29. The molecule has 25 heavy (non-hydrogen) atoms. The highest BCUT2D eigenvalue weighted by atomic mass is 35.5. The van der Waals surface area contributed by atoms with Crippen LogP contribution in [0, 0.1) is 0 Å². The number of nitrogens with one attached hydrogen (secondary N) is 1. The molecule has 0 atom stereocenters. The van der Waals surface area contributed by atoms with Crippen LogP contribution in [0.15, 0.2) is 48.5 Å². The molecule has 2 rings (SSSR count). The van der Waals surface area contributed by atoms with Crippen molar-refractivity contribution in [3.8, 4) is 11.5 Å². The maximum atomic E-state index is 12.2. The minimum Gasteiger partial charge on any atom is -0.497 e. The molecular formula is C20H22ClNO3. The molecule has 0 radical (unpaired) electrons. The van der Waals surface area contributed by atoms with Gasteiger partial charge in [-0.2, -0.15) is 0 Å². The molecule has 0 spiro atoms. The maximum absolute atomic E-state index is 12.2. The van der Waals surface area contributed by atoms with Crippen LogP contribution in [0.3, 0.4) is 0 Å². The van der Waals surface area contributed by atoms with Crippen LogP contribution >= 0.6 is 11.6 Å².